The van der Waals surface area contributed by atoms with Crippen molar-refractivity contribution >= 4 is 0 Å². The molecule has 0 radical (unpaired) electrons. The average molecular weight is 318 g/mol. The molecule has 0 saturated heterocycles. The molecule has 0 saturated carbocycles. The van der Waals surface area contributed by atoms with Crippen molar-refractivity contribution in [2.24, 2.45) is 7.05 Å². The van der Waals surface area contributed by atoms with Gasteiger partial charge in [-0.05, 0) is 34.7 Å². The molecule has 1 nitrogen and oxygen atoms in total. The smallest absolute Gasteiger partial charge is 0.207 e. The van der Waals surface area contributed by atoms with Crippen molar-refractivity contribution in [3.8, 4) is 22.4 Å². The quantitative estimate of drug-likeness (QED) is 0.560. The molecule has 0 aliphatic heterocycles. The maximum Gasteiger partial charge on any atom is 0.215 e. The Balaban J connectivity index is 2.12. The molecule has 2 aromatic carbocycles. The average Bonchev–Trinajstić information content (AvgIpc) is 2.79. The van der Waals surface area contributed by atoms with Crippen LogP contribution < -0.4 is 4.57 Å². The molecule has 1 aliphatic carbocycles. The van der Waals surface area contributed by atoms with Gasteiger partial charge in [0.15, 0.2) is 6.20 Å². The van der Waals surface area contributed by atoms with Crippen molar-refractivity contribution in [2.45, 2.75) is 26.2 Å². The first kappa shape index (κ1) is 15.1. The summed E-state index contributed by atoms with van der Waals surface area (Å²) in [7, 11) is 1.97. The summed E-state index contributed by atoms with van der Waals surface area (Å²) in [6.45, 7) is 6.64. The van der Waals surface area contributed by atoms with Gasteiger partial charge in [0.25, 0.3) is 0 Å². The molecule has 0 amide bonds. The van der Waals surface area contributed by atoms with Crippen LogP contribution in [0, 0.1) is 12.7 Å². The first-order chi connectivity index (χ1) is 11.4. The minimum Gasteiger partial charge on any atom is -0.207 e. The molecule has 1 heterocycles. The zero-order valence-corrected chi connectivity index (χ0v) is 14.5. The molecule has 1 aromatic heterocycles. The third kappa shape index (κ3) is 1.96. The second-order valence-electron chi connectivity index (χ2n) is 7.19. The van der Waals surface area contributed by atoms with Crippen molar-refractivity contribution in [1.29, 1.82) is 0 Å². The summed E-state index contributed by atoms with van der Waals surface area (Å²) in [6.07, 6.45) is 1.79. The molecule has 120 valence electrons. The van der Waals surface area contributed by atoms with Gasteiger partial charge < -0.3 is 0 Å². The van der Waals surface area contributed by atoms with E-state index in [0.29, 0.717) is 0 Å². The monoisotopic (exact) mass is 318 g/mol. The van der Waals surface area contributed by atoms with Crippen LogP contribution in [0.4, 0.5) is 4.39 Å². The number of hydrogen-bond acceptors (Lipinski definition) is 0. The van der Waals surface area contributed by atoms with Crippen molar-refractivity contribution < 1.29 is 8.96 Å². The molecule has 0 fully saturated rings. The van der Waals surface area contributed by atoms with E-state index in [1.54, 1.807) is 12.3 Å². The zero-order chi connectivity index (χ0) is 17.1. The van der Waals surface area contributed by atoms with Gasteiger partial charge in [-0.2, -0.15) is 0 Å². The van der Waals surface area contributed by atoms with Gasteiger partial charge in [0, 0.05) is 17.5 Å². The van der Waals surface area contributed by atoms with E-state index in [1.165, 1.54) is 33.9 Å². The lowest BCUT2D eigenvalue weighted by atomic mass is 9.78. The minimum atomic E-state index is -0.201. The summed E-state index contributed by atoms with van der Waals surface area (Å²) in [6, 6.07) is 16.1. The number of hydrogen-bond donors (Lipinski definition) is 0. The largest absolute Gasteiger partial charge is 0.215 e. The first-order valence-corrected chi connectivity index (χ1v) is 8.31. The number of rotatable bonds is 1. The number of fused-ring (bicyclic) bond motifs is 3. The summed E-state index contributed by atoms with van der Waals surface area (Å²) in [5, 5.41) is 0. The van der Waals surface area contributed by atoms with Crippen LogP contribution in [-0.2, 0) is 12.5 Å². The molecule has 0 bridgehead atoms. The molecular formula is C22H21FN+. The van der Waals surface area contributed by atoms with Crippen LogP contribution in [0.15, 0.2) is 54.7 Å². The Kier molecular flexibility index (Phi) is 3.14. The number of benzene rings is 2. The van der Waals surface area contributed by atoms with Crippen LogP contribution in [0.3, 0.4) is 0 Å². The van der Waals surface area contributed by atoms with Crippen molar-refractivity contribution in [3.05, 3.63) is 77.2 Å². The van der Waals surface area contributed by atoms with E-state index < -0.39 is 0 Å². The lowest BCUT2D eigenvalue weighted by Crippen LogP contribution is -2.32. The third-order valence-electron chi connectivity index (χ3n) is 5.30. The number of nitrogens with zero attached hydrogens (tertiary/aromatic N) is 1. The Labute approximate surface area is 142 Å². The zero-order valence-electron chi connectivity index (χ0n) is 14.5. The Bertz CT molecular complexity index is 970. The van der Waals surface area contributed by atoms with Gasteiger partial charge in [0.1, 0.15) is 12.9 Å². The molecule has 3 aromatic rings. The Morgan fingerprint density at radius 2 is 1.71 bits per heavy atom. The van der Waals surface area contributed by atoms with Crippen LogP contribution in [0.2, 0.25) is 0 Å². The fraction of sp³-hybridized carbons (Fsp3) is 0.227. The summed E-state index contributed by atoms with van der Waals surface area (Å²) in [4.78, 5) is 0. The molecule has 1 aliphatic rings. The summed E-state index contributed by atoms with van der Waals surface area (Å²) < 4.78 is 16.0. The number of aromatic nitrogens is 1. The van der Waals surface area contributed by atoms with Gasteiger partial charge in [0.2, 0.25) is 5.69 Å². The number of aryl methyl sites for hydroxylation is 2. The molecule has 24 heavy (non-hydrogen) atoms. The fourth-order valence-corrected chi connectivity index (χ4v) is 4.10. The fourth-order valence-electron chi connectivity index (χ4n) is 4.10. The van der Waals surface area contributed by atoms with Crippen LogP contribution in [0.25, 0.3) is 22.4 Å². The standard InChI is InChI=1S/C22H21FN/c1-14-9-10-17-16-7-5-6-8-18(16)22(2,3)21(17)20(14)19-13-15(23)11-12-24(19)4/h5-13H,1-4H3/q+1. The van der Waals surface area contributed by atoms with Crippen molar-refractivity contribution in [3.63, 3.8) is 0 Å². The second kappa shape index (κ2) is 5.01. The van der Waals surface area contributed by atoms with Crippen LogP contribution in [-0.4, -0.2) is 0 Å². The summed E-state index contributed by atoms with van der Waals surface area (Å²) in [5.74, 6) is -0.201. The highest BCUT2D eigenvalue weighted by Gasteiger charge is 2.39. The normalized spacial score (nSPS) is 14.4. The Morgan fingerprint density at radius 1 is 0.958 bits per heavy atom. The van der Waals surface area contributed by atoms with Gasteiger partial charge in [-0.15, -0.1) is 0 Å². The maximum atomic E-state index is 14.0. The molecule has 4 rings (SSSR count). The second-order valence-corrected chi connectivity index (χ2v) is 7.19. The lowest BCUT2D eigenvalue weighted by Gasteiger charge is -2.24. The molecule has 0 N–H and O–H groups in total. The lowest BCUT2D eigenvalue weighted by molar-refractivity contribution is -0.660. The van der Waals surface area contributed by atoms with Gasteiger partial charge in [-0.25, -0.2) is 8.96 Å². The Hall–Kier alpha value is -2.48. The molecule has 0 unspecified atom stereocenters. The maximum absolute atomic E-state index is 14.0. The van der Waals surface area contributed by atoms with Gasteiger partial charge >= 0.3 is 0 Å². The van der Waals surface area contributed by atoms with E-state index in [0.717, 1.165) is 11.3 Å². The molecule has 0 spiro atoms. The van der Waals surface area contributed by atoms with Gasteiger partial charge in [-0.3, -0.25) is 0 Å². The van der Waals surface area contributed by atoms with Crippen LogP contribution in [0.1, 0.15) is 30.5 Å². The van der Waals surface area contributed by atoms with E-state index in [-0.39, 0.29) is 11.2 Å². The highest BCUT2D eigenvalue weighted by Crippen LogP contribution is 2.52. The molecule has 2 heteroatoms. The van der Waals surface area contributed by atoms with E-state index in [2.05, 4.69) is 57.2 Å². The van der Waals surface area contributed by atoms with Crippen molar-refractivity contribution in [1.82, 2.24) is 0 Å². The Morgan fingerprint density at radius 3 is 2.50 bits per heavy atom. The topological polar surface area (TPSA) is 3.88 Å². The predicted molar refractivity (Wildman–Crippen MR) is 95.3 cm³/mol. The van der Waals surface area contributed by atoms with Crippen LogP contribution in [0.5, 0.6) is 0 Å². The van der Waals surface area contributed by atoms with Gasteiger partial charge in [0.05, 0.1) is 5.56 Å². The van der Waals surface area contributed by atoms with Gasteiger partial charge in [-0.1, -0.05) is 50.2 Å². The number of halogens is 1. The SMILES string of the molecule is Cc1ccc2c(c1-c1cc(F)cc[n+]1C)C(C)(C)c1ccccc1-2. The molecular weight excluding hydrogens is 297 g/mol. The van der Waals surface area contributed by atoms with E-state index in [9.17, 15) is 4.39 Å². The highest BCUT2D eigenvalue weighted by atomic mass is 19.1. The minimum absolute atomic E-state index is 0.105. The number of pyridine rings is 1. The van der Waals surface area contributed by atoms with E-state index in [4.69, 9.17) is 0 Å². The highest BCUT2D eigenvalue weighted by molar-refractivity contribution is 5.88. The van der Waals surface area contributed by atoms with E-state index in [1.807, 2.05) is 11.6 Å². The third-order valence-corrected chi connectivity index (χ3v) is 5.30. The summed E-state index contributed by atoms with van der Waals surface area (Å²) in [5.41, 5.74) is 8.33. The first-order valence-electron chi connectivity index (χ1n) is 8.31. The van der Waals surface area contributed by atoms with E-state index >= 15 is 0 Å². The van der Waals surface area contributed by atoms with Crippen molar-refractivity contribution in [2.75, 3.05) is 0 Å². The van der Waals surface area contributed by atoms with Crippen LogP contribution >= 0.6 is 0 Å². The molecule has 0 atom stereocenters. The summed E-state index contributed by atoms with van der Waals surface area (Å²) >= 11 is 0. The predicted octanol–water partition coefficient (Wildman–Crippen LogP) is 4.93.